The topological polar surface area (TPSA) is 24.7 Å². The van der Waals surface area contributed by atoms with E-state index in [0.29, 0.717) is 17.8 Å². The SMILES string of the molecule is Cc1cccc2c1N=C1C(=Nc3ccccc3C(F)(F)F)c3ccccc3-c3cccc(c31)C2. The van der Waals surface area contributed by atoms with E-state index in [4.69, 9.17) is 4.99 Å². The molecule has 2 aliphatic rings. The maximum absolute atomic E-state index is 13.8. The Morgan fingerprint density at radius 1 is 0.735 bits per heavy atom. The third kappa shape index (κ3) is 3.19. The minimum Gasteiger partial charge on any atom is -0.246 e. The van der Waals surface area contributed by atoms with Crippen LogP contribution in [-0.4, -0.2) is 11.4 Å². The number of alkyl halides is 3. The highest BCUT2D eigenvalue weighted by atomic mass is 19.4. The Labute approximate surface area is 195 Å². The number of aliphatic imine (C=N–C) groups is 2. The number of hydrogen-bond acceptors (Lipinski definition) is 2. The van der Waals surface area contributed by atoms with Crippen LogP contribution in [0.1, 0.15) is 33.4 Å². The van der Waals surface area contributed by atoms with Crippen LogP contribution in [0.25, 0.3) is 11.1 Å². The number of benzene rings is 4. The summed E-state index contributed by atoms with van der Waals surface area (Å²) >= 11 is 0. The predicted octanol–water partition coefficient (Wildman–Crippen LogP) is 7.84. The monoisotopic (exact) mass is 452 g/mol. The number of hydrogen-bond donors (Lipinski definition) is 0. The quantitative estimate of drug-likeness (QED) is 0.281. The van der Waals surface area contributed by atoms with Gasteiger partial charge >= 0.3 is 6.18 Å². The first-order valence-electron chi connectivity index (χ1n) is 11.1. The summed E-state index contributed by atoms with van der Waals surface area (Å²) in [5.41, 5.74) is 7.97. The molecule has 4 aromatic rings. The third-order valence-electron chi connectivity index (χ3n) is 6.45. The molecule has 0 amide bonds. The van der Waals surface area contributed by atoms with Crippen LogP contribution in [0.2, 0.25) is 0 Å². The average Bonchev–Trinajstić information content (AvgIpc) is 3.00. The molecular formula is C29H19F3N2. The first kappa shape index (κ1) is 20.6. The predicted molar refractivity (Wildman–Crippen MR) is 130 cm³/mol. The zero-order valence-corrected chi connectivity index (χ0v) is 18.3. The van der Waals surface area contributed by atoms with Gasteiger partial charge in [0.1, 0.15) is 0 Å². The van der Waals surface area contributed by atoms with E-state index in [1.807, 2.05) is 49.4 Å². The van der Waals surface area contributed by atoms with Gasteiger partial charge < -0.3 is 0 Å². The maximum atomic E-state index is 13.8. The zero-order chi connectivity index (χ0) is 23.4. The van der Waals surface area contributed by atoms with E-state index in [2.05, 4.69) is 23.2 Å². The van der Waals surface area contributed by atoms with E-state index in [1.165, 1.54) is 12.1 Å². The summed E-state index contributed by atoms with van der Waals surface area (Å²) in [5, 5.41) is 0. The van der Waals surface area contributed by atoms with Crippen molar-refractivity contribution in [3.05, 3.63) is 118 Å². The summed E-state index contributed by atoms with van der Waals surface area (Å²) in [6, 6.07) is 25.4. The maximum Gasteiger partial charge on any atom is 0.418 e. The molecule has 0 aromatic heterocycles. The van der Waals surface area contributed by atoms with Crippen LogP contribution < -0.4 is 0 Å². The highest BCUT2D eigenvalue weighted by Gasteiger charge is 2.35. The summed E-state index contributed by atoms with van der Waals surface area (Å²) in [7, 11) is 0. The summed E-state index contributed by atoms with van der Waals surface area (Å²) in [6.45, 7) is 2.01. The smallest absolute Gasteiger partial charge is 0.246 e. The fourth-order valence-electron chi connectivity index (χ4n) is 4.91. The molecule has 0 fully saturated rings. The molecule has 0 spiro atoms. The highest BCUT2D eigenvalue weighted by Crippen LogP contribution is 2.42. The molecule has 1 aliphatic carbocycles. The van der Waals surface area contributed by atoms with Crippen molar-refractivity contribution in [1.29, 1.82) is 0 Å². The largest absolute Gasteiger partial charge is 0.418 e. The molecule has 2 nitrogen and oxygen atoms in total. The lowest BCUT2D eigenvalue weighted by molar-refractivity contribution is -0.137. The molecule has 166 valence electrons. The van der Waals surface area contributed by atoms with Gasteiger partial charge in [0.15, 0.2) is 0 Å². The second-order valence-electron chi connectivity index (χ2n) is 8.58. The Balaban J connectivity index is 1.72. The van der Waals surface area contributed by atoms with Gasteiger partial charge in [-0.3, -0.25) is 0 Å². The van der Waals surface area contributed by atoms with Gasteiger partial charge in [0.2, 0.25) is 0 Å². The van der Waals surface area contributed by atoms with Crippen LogP contribution in [0, 0.1) is 6.92 Å². The fraction of sp³-hybridized carbons (Fsp3) is 0.103. The molecule has 0 saturated carbocycles. The summed E-state index contributed by atoms with van der Waals surface area (Å²) in [4.78, 5) is 9.75. The van der Waals surface area contributed by atoms with E-state index >= 15 is 0 Å². The number of rotatable bonds is 1. The minimum atomic E-state index is -4.51. The minimum absolute atomic E-state index is 0.113. The zero-order valence-electron chi connectivity index (χ0n) is 18.3. The van der Waals surface area contributed by atoms with Crippen LogP contribution in [0.5, 0.6) is 0 Å². The number of nitrogens with zero attached hydrogens (tertiary/aromatic N) is 2. The van der Waals surface area contributed by atoms with E-state index in [9.17, 15) is 13.2 Å². The van der Waals surface area contributed by atoms with Crippen molar-refractivity contribution in [2.75, 3.05) is 0 Å². The summed E-state index contributed by atoms with van der Waals surface area (Å²) in [6.07, 6.45) is -3.81. The van der Waals surface area contributed by atoms with Crippen LogP contribution >= 0.6 is 0 Å². The molecule has 0 radical (unpaired) electrons. The Bertz CT molecular complexity index is 1530. The molecular weight excluding hydrogens is 433 g/mol. The molecule has 34 heavy (non-hydrogen) atoms. The molecule has 4 aromatic carbocycles. The number of para-hydroxylation sites is 2. The Morgan fingerprint density at radius 3 is 2.24 bits per heavy atom. The summed E-state index contributed by atoms with van der Waals surface area (Å²) < 4.78 is 41.4. The molecule has 0 unspecified atom stereocenters. The fourth-order valence-corrected chi connectivity index (χ4v) is 4.91. The lowest BCUT2D eigenvalue weighted by atomic mass is 9.80. The van der Waals surface area contributed by atoms with Crippen LogP contribution in [0.4, 0.5) is 24.5 Å². The van der Waals surface area contributed by atoms with Gasteiger partial charge in [-0.05, 0) is 46.9 Å². The lowest BCUT2D eigenvalue weighted by Gasteiger charge is -2.25. The number of halogens is 3. The Kier molecular flexibility index (Phi) is 4.56. The van der Waals surface area contributed by atoms with Gasteiger partial charge in [-0.2, -0.15) is 13.2 Å². The van der Waals surface area contributed by atoms with Crippen molar-refractivity contribution in [3.8, 4) is 11.1 Å². The molecule has 0 bridgehead atoms. The lowest BCUT2D eigenvalue weighted by Crippen LogP contribution is -2.24. The number of aryl methyl sites for hydroxylation is 1. The Morgan fingerprint density at radius 2 is 1.41 bits per heavy atom. The van der Waals surface area contributed by atoms with Gasteiger partial charge in [0.05, 0.1) is 28.4 Å². The van der Waals surface area contributed by atoms with E-state index in [-0.39, 0.29) is 5.69 Å². The van der Waals surface area contributed by atoms with Gasteiger partial charge in [-0.15, -0.1) is 0 Å². The van der Waals surface area contributed by atoms with E-state index < -0.39 is 11.7 Å². The first-order chi connectivity index (χ1) is 16.4. The van der Waals surface area contributed by atoms with Gasteiger partial charge in [0, 0.05) is 17.5 Å². The van der Waals surface area contributed by atoms with E-state index in [1.54, 1.807) is 6.07 Å². The van der Waals surface area contributed by atoms with Crippen LogP contribution in [-0.2, 0) is 12.6 Å². The first-order valence-corrected chi connectivity index (χ1v) is 11.1. The second kappa shape index (κ2) is 7.52. The van der Waals surface area contributed by atoms with Gasteiger partial charge in [-0.25, -0.2) is 9.98 Å². The molecule has 0 atom stereocenters. The van der Waals surface area contributed by atoms with Crippen molar-refractivity contribution in [3.63, 3.8) is 0 Å². The highest BCUT2D eigenvalue weighted by molar-refractivity contribution is 6.58. The van der Waals surface area contributed by atoms with Crippen molar-refractivity contribution in [2.45, 2.75) is 19.5 Å². The molecule has 1 heterocycles. The summed E-state index contributed by atoms with van der Waals surface area (Å²) in [5.74, 6) is 0. The van der Waals surface area contributed by atoms with Gasteiger partial charge in [-0.1, -0.05) is 72.8 Å². The number of fused-ring (bicyclic) bond motifs is 3. The molecule has 6 rings (SSSR count). The third-order valence-corrected chi connectivity index (χ3v) is 6.45. The molecule has 0 N–H and O–H groups in total. The normalized spacial score (nSPS) is 15.2. The average molecular weight is 452 g/mol. The molecule has 0 saturated heterocycles. The van der Waals surface area contributed by atoms with Crippen molar-refractivity contribution in [2.24, 2.45) is 9.98 Å². The second-order valence-corrected chi connectivity index (χ2v) is 8.58. The van der Waals surface area contributed by atoms with E-state index in [0.717, 1.165) is 50.7 Å². The molecule has 5 heteroatoms. The van der Waals surface area contributed by atoms with Gasteiger partial charge in [0.25, 0.3) is 0 Å². The van der Waals surface area contributed by atoms with Crippen molar-refractivity contribution >= 4 is 22.8 Å². The van der Waals surface area contributed by atoms with Crippen molar-refractivity contribution < 1.29 is 13.2 Å². The standard InChI is InChI=1S/C29H19F3N2/c1-17-8-6-10-19-16-18-9-7-13-21-20-11-2-3-12-22(20)27(28(25(18)21)34-26(17)19)33-24-15-5-4-14-23(24)29(30,31)32/h2-15H,16H2,1H3. The molecule has 1 aliphatic heterocycles. The van der Waals surface area contributed by atoms with Crippen LogP contribution in [0.3, 0.4) is 0 Å². The van der Waals surface area contributed by atoms with Crippen molar-refractivity contribution in [1.82, 2.24) is 0 Å². The Hall–Kier alpha value is -3.99. The van der Waals surface area contributed by atoms with Crippen LogP contribution in [0.15, 0.2) is 94.9 Å².